The lowest BCUT2D eigenvalue weighted by molar-refractivity contribution is 0.0924. The fourth-order valence-corrected chi connectivity index (χ4v) is 2.28. The van der Waals surface area contributed by atoms with Crippen LogP contribution in [0.25, 0.3) is 0 Å². The van der Waals surface area contributed by atoms with E-state index in [9.17, 15) is 9.90 Å². The van der Waals surface area contributed by atoms with Gasteiger partial charge in [0.2, 0.25) is 0 Å². The Kier molecular flexibility index (Phi) is 6.55. The molecule has 1 aliphatic rings. The van der Waals surface area contributed by atoms with E-state index in [1.54, 1.807) is 18.2 Å². The van der Waals surface area contributed by atoms with Gasteiger partial charge >= 0.3 is 0 Å². The van der Waals surface area contributed by atoms with E-state index < -0.39 is 6.10 Å². The lowest BCUT2D eigenvalue weighted by atomic mass is 10.1. The summed E-state index contributed by atoms with van der Waals surface area (Å²) in [7, 11) is 1.50. The maximum Gasteiger partial charge on any atom is 0.255 e. The van der Waals surface area contributed by atoms with Crippen molar-refractivity contribution in [2.24, 2.45) is 5.92 Å². The highest BCUT2D eigenvalue weighted by Gasteiger charge is 2.25. The molecule has 1 aromatic carbocycles. The van der Waals surface area contributed by atoms with Gasteiger partial charge in [0.1, 0.15) is 5.75 Å². The first-order valence-corrected chi connectivity index (χ1v) is 6.50. The molecule has 1 amide bonds. The molecule has 0 saturated carbocycles. The zero-order valence-electron chi connectivity index (χ0n) is 11.1. The van der Waals surface area contributed by atoms with E-state index in [4.69, 9.17) is 16.3 Å². The number of benzene rings is 1. The molecule has 2 atom stereocenters. The van der Waals surface area contributed by atoms with Crippen LogP contribution in [-0.2, 0) is 0 Å². The molecule has 2 rings (SSSR count). The van der Waals surface area contributed by atoms with Crippen LogP contribution >= 0.6 is 24.0 Å². The van der Waals surface area contributed by atoms with Crippen LogP contribution in [0.2, 0.25) is 5.02 Å². The van der Waals surface area contributed by atoms with Crippen molar-refractivity contribution in [1.82, 2.24) is 10.6 Å². The predicted molar refractivity (Wildman–Crippen MR) is 80.0 cm³/mol. The Bertz CT molecular complexity index is 471. The monoisotopic (exact) mass is 320 g/mol. The summed E-state index contributed by atoms with van der Waals surface area (Å²) in [6.07, 6.45) is -0.415. The number of carbonyl (C=O) groups is 1. The molecular formula is C13H18Cl2N2O3. The van der Waals surface area contributed by atoms with Crippen molar-refractivity contribution in [1.29, 1.82) is 0 Å². The van der Waals surface area contributed by atoms with Gasteiger partial charge < -0.3 is 20.5 Å². The van der Waals surface area contributed by atoms with Gasteiger partial charge in [-0.15, -0.1) is 12.4 Å². The van der Waals surface area contributed by atoms with Crippen molar-refractivity contribution in [2.45, 2.75) is 6.10 Å². The summed E-state index contributed by atoms with van der Waals surface area (Å²) < 4.78 is 5.13. The zero-order valence-corrected chi connectivity index (χ0v) is 12.6. The number of aliphatic hydroxyl groups excluding tert-OH is 1. The van der Waals surface area contributed by atoms with Crippen LogP contribution in [0.3, 0.4) is 0 Å². The first kappa shape index (κ1) is 17.0. The number of hydrogen-bond acceptors (Lipinski definition) is 4. The first-order chi connectivity index (χ1) is 9.11. The topological polar surface area (TPSA) is 70.6 Å². The number of methoxy groups -OCH3 is 1. The molecule has 1 saturated heterocycles. The minimum absolute atomic E-state index is 0. The molecule has 5 nitrogen and oxygen atoms in total. The number of β-amino-alcohol motifs (C(OH)–C–C–N with tert-alkyl or cyclic N) is 1. The van der Waals surface area contributed by atoms with Gasteiger partial charge in [-0.2, -0.15) is 0 Å². The maximum atomic E-state index is 12.1. The largest absolute Gasteiger partial charge is 0.496 e. The summed E-state index contributed by atoms with van der Waals surface area (Å²) in [5.41, 5.74) is 0.399. The summed E-state index contributed by atoms with van der Waals surface area (Å²) in [6, 6.07) is 4.89. The molecule has 1 heterocycles. The number of rotatable bonds is 4. The average molecular weight is 321 g/mol. The number of halogens is 2. The molecule has 20 heavy (non-hydrogen) atoms. The van der Waals surface area contributed by atoms with Crippen LogP contribution in [0.5, 0.6) is 5.75 Å². The first-order valence-electron chi connectivity index (χ1n) is 6.12. The zero-order chi connectivity index (χ0) is 13.8. The predicted octanol–water partition coefficient (Wildman–Crippen LogP) is 1.08. The highest BCUT2D eigenvalue weighted by molar-refractivity contribution is 6.31. The van der Waals surface area contributed by atoms with E-state index in [2.05, 4.69) is 10.6 Å². The van der Waals surface area contributed by atoms with Gasteiger partial charge in [0.25, 0.3) is 5.91 Å². The number of nitrogens with one attached hydrogen (secondary N) is 2. The van der Waals surface area contributed by atoms with Crippen molar-refractivity contribution in [3.63, 3.8) is 0 Å². The number of ether oxygens (including phenoxy) is 1. The van der Waals surface area contributed by atoms with Crippen molar-refractivity contribution >= 4 is 29.9 Å². The third kappa shape index (κ3) is 3.99. The second-order valence-electron chi connectivity index (χ2n) is 4.54. The Labute approximate surface area is 129 Å². The Morgan fingerprint density at radius 1 is 1.55 bits per heavy atom. The van der Waals surface area contributed by atoms with Gasteiger partial charge in [0, 0.05) is 30.6 Å². The standard InChI is InChI=1S/C13H17ClN2O3.ClH/c1-19-12-3-2-9(14)4-10(12)13(18)16-6-8-5-15-7-11(8)17;/h2-4,8,11,15,17H,5-7H2,1H3,(H,16,18);1H. The second kappa shape index (κ2) is 7.69. The van der Waals surface area contributed by atoms with Crippen LogP contribution in [0.4, 0.5) is 0 Å². The van der Waals surface area contributed by atoms with Crippen LogP contribution < -0.4 is 15.4 Å². The maximum absolute atomic E-state index is 12.1. The number of hydrogen-bond donors (Lipinski definition) is 3. The molecule has 1 aliphatic heterocycles. The molecule has 1 fully saturated rings. The molecule has 3 N–H and O–H groups in total. The lowest BCUT2D eigenvalue weighted by Crippen LogP contribution is -2.34. The molecule has 0 bridgehead atoms. The molecule has 0 radical (unpaired) electrons. The van der Waals surface area contributed by atoms with E-state index in [1.165, 1.54) is 7.11 Å². The molecule has 0 aliphatic carbocycles. The molecular weight excluding hydrogens is 303 g/mol. The summed E-state index contributed by atoms with van der Waals surface area (Å²) in [6.45, 7) is 1.69. The van der Waals surface area contributed by atoms with E-state index in [1.807, 2.05) is 0 Å². The summed E-state index contributed by atoms with van der Waals surface area (Å²) in [5.74, 6) is 0.263. The SMILES string of the molecule is COc1ccc(Cl)cc1C(=O)NCC1CNCC1O.Cl. The van der Waals surface area contributed by atoms with Crippen LogP contribution in [-0.4, -0.2) is 43.9 Å². The van der Waals surface area contributed by atoms with Crippen molar-refractivity contribution in [3.8, 4) is 5.75 Å². The third-order valence-corrected chi connectivity index (χ3v) is 3.47. The molecule has 0 aromatic heterocycles. The number of aliphatic hydroxyl groups is 1. The molecule has 0 spiro atoms. The van der Waals surface area contributed by atoms with Gasteiger partial charge in [-0.25, -0.2) is 0 Å². The van der Waals surface area contributed by atoms with Gasteiger partial charge in [-0.05, 0) is 18.2 Å². The molecule has 1 aromatic rings. The van der Waals surface area contributed by atoms with E-state index in [0.29, 0.717) is 36.0 Å². The average Bonchev–Trinajstić information content (AvgIpc) is 2.81. The summed E-state index contributed by atoms with van der Waals surface area (Å²) in [5, 5.41) is 16.0. The molecule has 2 unspecified atom stereocenters. The van der Waals surface area contributed by atoms with E-state index >= 15 is 0 Å². The minimum atomic E-state index is -0.415. The molecule has 7 heteroatoms. The fraction of sp³-hybridized carbons (Fsp3) is 0.462. The minimum Gasteiger partial charge on any atom is -0.496 e. The second-order valence-corrected chi connectivity index (χ2v) is 4.98. The van der Waals surface area contributed by atoms with E-state index in [-0.39, 0.29) is 24.2 Å². The van der Waals surface area contributed by atoms with Gasteiger partial charge in [-0.3, -0.25) is 4.79 Å². The highest BCUT2D eigenvalue weighted by atomic mass is 35.5. The summed E-state index contributed by atoms with van der Waals surface area (Å²) in [4.78, 5) is 12.1. The smallest absolute Gasteiger partial charge is 0.255 e. The Morgan fingerprint density at radius 3 is 2.90 bits per heavy atom. The lowest BCUT2D eigenvalue weighted by Gasteiger charge is -2.15. The van der Waals surface area contributed by atoms with Crippen LogP contribution in [0, 0.1) is 5.92 Å². The molecule has 112 valence electrons. The third-order valence-electron chi connectivity index (χ3n) is 3.24. The van der Waals surface area contributed by atoms with E-state index in [0.717, 1.165) is 0 Å². The van der Waals surface area contributed by atoms with Gasteiger partial charge in [0.15, 0.2) is 0 Å². The normalized spacial score (nSPS) is 21.1. The van der Waals surface area contributed by atoms with Crippen molar-refractivity contribution < 1.29 is 14.6 Å². The fourth-order valence-electron chi connectivity index (χ4n) is 2.10. The Balaban J connectivity index is 0.00000200. The Hall–Kier alpha value is -1.01. The summed E-state index contributed by atoms with van der Waals surface area (Å²) >= 11 is 5.88. The van der Waals surface area contributed by atoms with Crippen molar-refractivity contribution in [2.75, 3.05) is 26.7 Å². The van der Waals surface area contributed by atoms with Gasteiger partial charge in [0.05, 0.1) is 18.8 Å². The van der Waals surface area contributed by atoms with Crippen molar-refractivity contribution in [3.05, 3.63) is 28.8 Å². The number of carbonyl (C=O) groups excluding carboxylic acids is 1. The van der Waals surface area contributed by atoms with Gasteiger partial charge in [-0.1, -0.05) is 11.6 Å². The van der Waals surface area contributed by atoms with Crippen LogP contribution in [0.1, 0.15) is 10.4 Å². The highest BCUT2D eigenvalue weighted by Crippen LogP contribution is 2.22. The Morgan fingerprint density at radius 2 is 2.30 bits per heavy atom. The number of amides is 1. The van der Waals surface area contributed by atoms with Crippen LogP contribution in [0.15, 0.2) is 18.2 Å². The quantitative estimate of drug-likeness (QED) is 0.776.